The maximum Gasteiger partial charge on any atom is 0.315 e. The molecule has 2 aliphatic heterocycles. The average molecular weight is 473 g/mol. The number of hydrogen-bond acceptors (Lipinski definition) is 4. The summed E-state index contributed by atoms with van der Waals surface area (Å²) in [7, 11) is 0. The summed E-state index contributed by atoms with van der Waals surface area (Å²) in [6.45, 7) is 1.11. The van der Waals surface area contributed by atoms with E-state index in [1.54, 1.807) is 4.90 Å². The SMILES string of the molecule is O=C1CCC(N2CC3CCC(CNC(=O)NC4CCC(Cl)C(Cl)C4)CC3C2=O)C(=O)N1. The molecule has 0 spiro atoms. The third-order valence-electron chi connectivity index (χ3n) is 7.30. The zero-order valence-electron chi connectivity index (χ0n) is 17.4. The van der Waals surface area contributed by atoms with Gasteiger partial charge in [0.15, 0.2) is 0 Å². The molecule has 4 fully saturated rings. The quantitative estimate of drug-likeness (QED) is 0.427. The maximum atomic E-state index is 13.0. The lowest BCUT2D eigenvalue weighted by atomic mass is 9.75. The first-order valence-electron chi connectivity index (χ1n) is 11.3. The van der Waals surface area contributed by atoms with Crippen LogP contribution in [0.1, 0.15) is 51.4 Å². The molecular weight excluding hydrogens is 443 g/mol. The number of amides is 5. The Balaban J connectivity index is 1.24. The molecule has 10 heteroatoms. The van der Waals surface area contributed by atoms with Crippen LogP contribution >= 0.6 is 23.2 Å². The molecule has 8 nitrogen and oxygen atoms in total. The lowest BCUT2D eigenvalue weighted by Crippen LogP contribution is -2.53. The van der Waals surface area contributed by atoms with Crippen molar-refractivity contribution in [1.29, 1.82) is 0 Å². The van der Waals surface area contributed by atoms with Crippen LogP contribution in [0.4, 0.5) is 4.79 Å². The number of rotatable bonds is 4. The van der Waals surface area contributed by atoms with E-state index in [9.17, 15) is 19.2 Å². The minimum atomic E-state index is -0.535. The number of alkyl halides is 2. The molecular formula is C21H30Cl2N4O4. The number of nitrogens with zero attached hydrogens (tertiary/aromatic N) is 1. The monoisotopic (exact) mass is 472 g/mol. The third-order valence-corrected chi connectivity index (χ3v) is 8.43. The number of imide groups is 1. The molecule has 0 aromatic rings. The van der Waals surface area contributed by atoms with E-state index in [0.29, 0.717) is 32.4 Å². The first-order valence-corrected chi connectivity index (χ1v) is 12.2. The summed E-state index contributed by atoms with van der Waals surface area (Å²) in [6.07, 6.45) is 5.52. The molecule has 172 valence electrons. The van der Waals surface area contributed by atoms with Gasteiger partial charge in [-0.25, -0.2) is 4.79 Å². The van der Waals surface area contributed by atoms with Crippen LogP contribution in [0.5, 0.6) is 0 Å². The van der Waals surface area contributed by atoms with Gasteiger partial charge in [0.1, 0.15) is 6.04 Å². The van der Waals surface area contributed by atoms with Crippen molar-refractivity contribution in [1.82, 2.24) is 20.9 Å². The summed E-state index contributed by atoms with van der Waals surface area (Å²) < 4.78 is 0. The number of carbonyl (C=O) groups is 4. The fourth-order valence-corrected chi connectivity index (χ4v) is 6.10. The highest BCUT2D eigenvalue weighted by molar-refractivity contribution is 6.30. The number of likely N-dealkylation sites (tertiary alicyclic amines) is 1. The molecule has 2 heterocycles. The molecule has 7 atom stereocenters. The van der Waals surface area contributed by atoms with Gasteiger partial charge in [-0.3, -0.25) is 19.7 Å². The lowest BCUT2D eigenvalue weighted by molar-refractivity contribution is -0.144. The van der Waals surface area contributed by atoms with E-state index >= 15 is 0 Å². The van der Waals surface area contributed by atoms with Gasteiger partial charge in [-0.05, 0) is 56.8 Å². The molecule has 4 aliphatic rings. The summed E-state index contributed by atoms with van der Waals surface area (Å²) in [4.78, 5) is 50.6. The zero-order chi connectivity index (χ0) is 22.1. The van der Waals surface area contributed by atoms with Crippen molar-refractivity contribution in [2.75, 3.05) is 13.1 Å². The van der Waals surface area contributed by atoms with Gasteiger partial charge in [0, 0.05) is 31.5 Å². The van der Waals surface area contributed by atoms with Crippen LogP contribution in [0.15, 0.2) is 0 Å². The standard InChI is InChI=1S/C21H30Cl2N4O4/c22-15-4-3-13(8-16(15)23)25-21(31)24-9-11-1-2-12-10-27(20(30)14(12)7-11)17-5-6-18(28)26-19(17)29/h11-17H,1-10H2,(H2,24,25,31)(H,26,28,29). The van der Waals surface area contributed by atoms with Gasteiger partial charge in [0.05, 0.1) is 10.8 Å². The number of hydrogen-bond donors (Lipinski definition) is 3. The molecule has 5 amide bonds. The Morgan fingerprint density at radius 2 is 1.84 bits per heavy atom. The van der Waals surface area contributed by atoms with E-state index in [4.69, 9.17) is 23.2 Å². The molecule has 4 rings (SSSR count). The molecule has 2 saturated heterocycles. The van der Waals surface area contributed by atoms with Crippen LogP contribution < -0.4 is 16.0 Å². The van der Waals surface area contributed by atoms with E-state index in [1.807, 2.05) is 0 Å². The summed E-state index contributed by atoms with van der Waals surface area (Å²) in [5.74, 6) is -0.247. The Labute approximate surface area is 192 Å². The molecule has 0 aromatic heterocycles. The largest absolute Gasteiger partial charge is 0.338 e. The van der Waals surface area contributed by atoms with Crippen LogP contribution in [-0.2, 0) is 14.4 Å². The van der Waals surface area contributed by atoms with Gasteiger partial charge in [0.2, 0.25) is 17.7 Å². The highest BCUT2D eigenvalue weighted by Gasteiger charge is 2.48. The second-order valence-corrected chi connectivity index (χ2v) is 10.5. The highest BCUT2D eigenvalue weighted by Crippen LogP contribution is 2.41. The first kappa shape index (κ1) is 22.6. The second kappa shape index (κ2) is 9.53. The van der Waals surface area contributed by atoms with E-state index in [0.717, 1.165) is 25.7 Å². The fourth-order valence-electron chi connectivity index (χ4n) is 5.53. The molecule has 0 bridgehead atoms. The number of urea groups is 1. The molecule has 2 saturated carbocycles. The summed E-state index contributed by atoms with van der Waals surface area (Å²) in [5.41, 5.74) is 0. The minimum Gasteiger partial charge on any atom is -0.338 e. The van der Waals surface area contributed by atoms with E-state index in [2.05, 4.69) is 16.0 Å². The van der Waals surface area contributed by atoms with Crippen molar-refractivity contribution in [3.8, 4) is 0 Å². The zero-order valence-corrected chi connectivity index (χ0v) is 19.0. The van der Waals surface area contributed by atoms with Crippen LogP contribution in [0.25, 0.3) is 0 Å². The van der Waals surface area contributed by atoms with E-state index in [-0.39, 0.29) is 64.7 Å². The van der Waals surface area contributed by atoms with E-state index < -0.39 is 6.04 Å². The Morgan fingerprint density at radius 1 is 1.03 bits per heavy atom. The molecule has 31 heavy (non-hydrogen) atoms. The number of carbonyl (C=O) groups excluding carboxylic acids is 4. The Morgan fingerprint density at radius 3 is 2.58 bits per heavy atom. The molecule has 3 N–H and O–H groups in total. The predicted octanol–water partition coefficient (Wildman–Crippen LogP) is 1.73. The van der Waals surface area contributed by atoms with Crippen molar-refractivity contribution in [2.45, 2.75) is 74.2 Å². The Bertz CT molecular complexity index is 751. The first-order chi connectivity index (χ1) is 14.8. The number of halogens is 2. The maximum absolute atomic E-state index is 13.0. The van der Waals surface area contributed by atoms with Gasteiger partial charge in [-0.1, -0.05) is 0 Å². The number of fused-ring (bicyclic) bond motifs is 1. The van der Waals surface area contributed by atoms with Crippen molar-refractivity contribution < 1.29 is 19.2 Å². The molecule has 0 aromatic carbocycles. The van der Waals surface area contributed by atoms with Crippen LogP contribution in [-0.4, -0.2) is 64.6 Å². The molecule has 0 radical (unpaired) electrons. The summed E-state index contributed by atoms with van der Waals surface area (Å²) in [6, 6.07) is -0.703. The Kier molecular flexibility index (Phi) is 6.96. The normalized spacial score (nSPS) is 38.5. The third kappa shape index (κ3) is 5.11. The minimum absolute atomic E-state index is 0.0136. The van der Waals surface area contributed by atoms with Gasteiger partial charge in [-0.2, -0.15) is 0 Å². The van der Waals surface area contributed by atoms with Crippen LogP contribution in [0.2, 0.25) is 0 Å². The van der Waals surface area contributed by atoms with Gasteiger partial charge in [-0.15, -0.1) is 23.2 Å². The molecule has 2 aliphatic carbocycles. The van der Waals surface area contributed by atoms with Gasteiger partial charge < -0.3 is 15.5 Å². The topological polar surface area (TPSA) is 108 Å². The van der Waals surface area contributed by atoms with Crippen molar-refractivity contribution in [3.05, 3.63) is 0 Å². The van der Waals surface area contributed by atoms with Crippen molar-refractivity contribution in [2.24, 2.45) is 17.8 Å². The van der Waals surface area contributed by atoms with Gasteiger partial charge in [0.25, 0.3) is 0 Å². The summed E-state index contributed by atoms with van der Waals surface area (Å²) in [5, 5.41) is 8.12. The summed E-state index contributed by atoms with van der Waals surface area (Å²) >= 11 is 12.3. The van der Waals surface area contributed by atoms with Crippen molar-refractivity contribution >= 4 is 47.0 Å². The Hall–Kier alpha value is -1.54. The van der Waals surface area contributed by atoms with Crippen molar-refractivity contribution in [3.63, 3.8) is 0 Å². The van der Waals surface area contributed by atoms with Gasteiger partial charge >= 0.3 is 6.03 Å². The van der Waals surface area contributed by atoms with E-state index in [1.165, 1.54) is 0 Å². The highest BCUT2D eigenvalue weighted by atomic mass is 35.5. The predicted molar refractivity (Wildman–Crippen MR) is 116 cm³/mol. The number of piperidine rings is 1. The average Bonchev–Trinajstić information content (AvgIpc) is 3.05. The lowest BCUT2D eigenvalue weighted by Gasteiger charge is -2.31. The van der Waals surface area contributed by atoms with Crippen LogP contribution in [0.3, 0.4) is 0 Å². The molecule has 7 unspecified atom stereocenters. The number of nitrogens with one attached hydrogen (secondary N) is 3. The van der Waals surface area contributed by atoms with Crippen LogP contribution in [0, 0.1) is 17.8 Å². The fraction of sp³-hybridized carbons (Fsp3) is 0.810. The second-order valence-electron chi connectivity index (χ2n) is 9.40. The smallest absolute Gasteiger partial charge is 0.315 e.